The largest absolute Gasteiger partial charge is 0.304 e. The van der Waals surface area contributed by atoms with Gasteiger partial charge in [0.2, 0.25) is 0 Å². The van der Waals surface area contributed by atoms with E-state index in [4.69, 9.17) is 5.90 Å². The van der Waals surface area contributed by atoms with Crippen LogP contribution >= 0.6 is 0 Å². The summed E-state index contributed by atoms with van der Waals surface area (Å²) in [5.74, 6) is 5.04. The molecule has 78 valence electrons. The first-order valence-electron chi connectivity index (χ1n) is 4.98. The number of fused-ring (bicyclic) bond motifs is 1. The van der Waals surface area contributed by atoms with Crippen molar-refractivity contribution in [3.05, 3.63) is 41.6 Å². The summed E-state index contributed by atoms with van der Waals surface area (Å²) in [5.41, 5.74) is 3.30. The molecule has 0 bridgehead atoms. The molecule has 1 aromatic carbocycles. The summed E-state index contributed by atoms with van der Waals surface area (Å²) in [5, 5.41) is 1.18. The molecule has 2 aromatic rings. The van der Waals surface area contributed by atoms with Gasteiger partial charge in [0.15, 0.2) is 0 Å². The average Bonchev–Trinajstić information content (AvgIpc) is 2.25. The van der Waals surface area contributed by atoms with E-state index in [1.54, 1.807) is 0 Å². The number of benzene rings is 1. The number of nitrogens with two attached hydrogens (primary N) is 1. The smallest absolute Gasteiger partial charge is 0.0719 e. The number of hydrogen-bond acceptors (Lipinski definition) is 3. The Bertz CT molecular complexity index is 468. The van der Waals surface area contributed by atoms with E-state index in [1.807, 2.05) is 25.1 Å². The standard InChI is InChI=1S/C12H14N2O/c1-9-8-10(6-7-15-13)11-4-2-3-5-12(11)14-9/h2-5,8H,6-7,13H2,1H3. The lowest BCUT2D eigenvalue weighted by molar-refractivity contribution is 0.141. The minimum atomic E-state index is 0.535. The van der Waals surface area contributed by atoms with Gasteiger partial charge in [-0.1, -0.05) is 18.2 Å². The molecule has 1 heterocycles. The van der Waals surface area contributed by atoms with Gasteiger partial charge in [-0.2, -0.15) is 0 Å². The van der Waals surface area contributed by atoms with Gasteiger partial charge >= 0.3 is 0 Å². The van der Waals surface area contributed by atoms with Gasteiger partial charge in [-0.25, -0.2) is 5.90 Å². The van der Waals surface area contributed by atoms with E-state index in [0.717, 1.165) is 17.6 Å². The van der Waals surface area contributed by atoms with E-state index in [9.17, 15) is 0 Å². The van der Waals surface area contributed by atoms with Gasteiger partial charge in [0.1, 0.15) is 0 Å². The Hall–Kier alpha value is -1.45. The molecule has 0 saturated heterocycles. The third kappa shape index (κ3) is 2.14. The Kier molecular flexibility index (Phi) is 2.94. The van der Waals surface area contributed by atoms with E-state index in [1.165, 1.54) is 10.9 Å². The quantitative estimate of drug-likeness (QED) is 0.774. The van der Waals surface area contributed by atoms with Crippen molar-refractivity contribution in [3.63, 3.8) is 0 Å². The number of hydrogen-bond donors (Lipinski definition) is 1. The molecule has 0 unspecified atom stereocenters. The summed E-state index contributed by atoms with van der Waals surface area (Å²) < 4.78 is 0. The Labute approximate surface area is 88.8 Å². The Morgan fingerprint density at radius 2 is 2.13 bits per heavy atom. The van der Waals surface area contributed by atoms with E-state index < -0.39 is 0 Å². The molecule has 0 aliphatic heterocycles. The van der Waals surface area contributed by atoms with Crippen molar-refractivity contribution in [2.24, 2.45) is 5.90 Å². The molecule has 1 aromatic heterocycles. The zero-order valence-electron chi connectivity index (χ0n) is 8.73. The van der Waals surface area contributed by atoms with Gasteiger partial charge < -0.3 is 4.84 Å². The fourth-order valence-corrected chi connectivity index (χ4v) is 1.77. The van der Waals surface area contributed by atoms with Crippen molar-refractivity contribution in [2.45, 2.75) is 13.3 Å². The molecule has 2 rings (SSSR count). The molecule has 0 saturated carbocycles. The SMILES string of the molecule is Cc1cc(CCON)c2ccccc2n1. The van der Waals surface area contributed by atoms with Crippen LogP contribution in [0, 0.1) is 6.92 Å². The lowest BCUT2D eigenvalue weighted by atomic mass is 10.1. The van der Waals surface area contributed by atoms with Crippen molar-refractivity contribution in [1.82, 2.24) is 4.98 Å². The van der Waals surface area contributed by atoms with E-state index in [2.05, 4.69) is 22.0 Å². The molecule has 2 N–H and O–H groups in total. The minimum absolute atomic E-state index is 0.535. The molecular weight excluding hydrogens is 188 g/mol. The summed E-state index contributed by atoms with van der Waals surface area (Å²) in [7, 11) is 0. The highest BCUT2D eigenvalue weighted by atomic mass is 16.6. The second-order valence-electron chi connectivity index (χ2n) is 3.56. The van der Waals surface area contributed by atoms with Crippen LogP contribution in [0.4, 0.5) is 0 Å². The first-order chi connectivity index (χ1) is 7.31. The van der Waals surface area contributed by atoms with Crippen LogP contribution in [0.15, 0.2) is 30.3 Å². The van der Waals surface area contributed by atoms with Crippen molar-refractivity contribution < 1.29 is 4.84 Å². The fourth-order valence-electron chi connectivity index (χ4n) is 1.77. The topological polar surface area (TPSA) is 48.1 Å². The summed E-state index contributed by atoms with van der Waals surface area (Å²) in [4.78, 5) is 9.09. The van der Waals surface area contributed by atoms with Crippen LogP contribution in [0.3, 0.4) is 0 Å². The summed E-state index contributed by atoms with van der Waals surface area (Å²) in [6, 6.07) is 10.2. The highest BCUT2D eigenvalue weighted by Crippen LogP contribution is 2.18. The van der Waals surface area contributed by atoms with E-state index >= 15 is 0 Å². The number of pyridine rings is 1. The lowest BCUT2D eigenvalue weighted by Crippen LogP contribution is -2.04. The maximum atomic E-state index is 5.04. The highest BCUT2D eigenvalue weighted by Gasteiger charge is 2.02. The van der Waals surface area contributed by atoms with Crippen molar-refractivity contribution in [2.75, 3.05) is 6.61 Å². The molecule has 0 aliphatic carbocycles. The number of rotatable bonds is 3. The van der Waals surface area contributed by atoms with E-state index in [-0.39, 0.29) is 0 Å². The normalized spacial score (nSPS) is 10.8. The maximum absolute atomic E-state index is 5.04. The second kappa shape index (κ2) is 4.38. The van der Waals surface area contributed by atoms with Gasteiger partial charge in [-0.05, 0) is 31.0 Å². The van der Waals surface area contributed by atoms with Crippen LogP contribution in [-0.4, -0.2) is 11.6 Å². The number of aromatic nitrogens is 1. The zero-order valence-corrected chi connectivity index (χ0v) is 8.73. The second-order valence-corrected chi connectivity index (χ2v) is 3.56. The molecule has 0 radical (unpaired) electrons. The minimum Gasteiger partial charge on any atom is -0.304 e. The zero-order chi connectivity index (χ0) is 10.7. The molecule has 3 heteroatoms. The van der Waals surface area contributed by atoms with Crippen LogP contribution in [0.25, 0.3) is 10.9 Å². The molecule has 3 nitrogen and oxygen atoms in total. The Balaban J connectivity index is 2.50. The van der Waals surface area contributed by atoms with E-state index in [0.29, 0.717) is 6.61 Å². The number of nitrogens with zero attached hydrogens (tertiary/aromatic N) is 1. The monoisotopic (exact) mass is 202 g/mol. The van der Waals surface area contributed by atoms with Crippen LogP contribution in [0.1, 0.15) is 11.3 Å². The summed E-state index contributed by atoms with van der Waals surface area (Å²) in [6.07, 6.45) is 0.820. The average molecular weight is 202 g/mol. The first kappa shape index (κ1) is 10.1. The number of aryl methyl sites for hydroxylation is 1. The van der Waals surface area contributed by atoms with Crippen molar-refractivity contribution >= 4 is 10.9 Å². The molecular formula is C12H14N2O. The lowest BCUT2D eigenvalue weighted by Gasteiger charge is -2.06. The van der Waals surface area contributed by atoms with Crippen molar-refractivity contribution in [1.29, 1.82) is 0 Å². The molecule has 0 aliphatic rings. The summed E-state index contributed by atoms with van der Waals surface area (Å²) >= 11 is 0. The van der Waals surface area contributed by atoms with Crippen LogP contribution in [0.5, 0.6) is 0 Å². The van der Waals surface area contributed by atoms with Crippen molar-refractivity contribution in [3.8, 4) is 0 Å². The van der Waals surface area contributed by atoms with Gasteiger partial charge in [-0.3, -0.25) is 4.98 Å². The van der Waals surface area contributed by atoms with Gasteiger partial charge in [0, 0.05) is 11.1 Å². The third-order valence-corrected chi connectivity index (χ3v) is 2.42. The predicted molar refractivity (Wildman–Crippen MR) is 60.3 cm³/mol. The fraction of sp³-hybridized carbons (Fsp3) is 0.250. The highest BCUT2D eigenvalue weighted by molar-refractivity contribution is 5.82. The maximum Gasteiger partial charge on any atom is 0.0719 e. The van der Waals surface area contributed by atoms with Gasteiger partial charge in [-0.15, -0.1) is 0 Å². The summed E-state index contributed by atoms with van der Waals surface area (Å²) in [6.45, 7) is 2.53. The number of para-hydroxylation sites is 1. The molecule has 0 spiro atoms. The molecule has 15 heavy (non-hydrogen) atoms. The van der Waals surface area contributed by atoms with Gasteiger partial charge in [0.05, 0.1) is 12.1 Å². The van der Waals surface area contributed by atoms with Crippen LogP contribution in [0.2, 0.25) is 0 Å². The van der Waals surface area contributed by atoms with Gasteiger partial charge in [0.25, 0.3) is 0 Å². The molecule has 0 amide bonds. The third-order valence-electron chi connectivity index (χ3n) is 2.42. The molecule has 0 atom stereocenters. The Morgan fingerprint density at radius 1 is 1.33 bits per heavy atom. The van der Waals surface area contributed by atoms with Crippen LogP contribution in [-0.2, 0) is 11.3 Å². The first-order valence-corrected chi connectivity index (χ1v) is 4.98. The Morgan fingerprint density at radius 3 is 2.93 bits per heavy atom. The molecule has 0 fully saturated rings. The van der Waals surface area contributed by atoms with Crippen LogP contribution < -0.4 is 5.90 Å². The predicted octanol–water partition coefficient (Wildman–Crippen LogP) is 1.98.